The lowest BCUT2D eigenvalue weighted by Crippen LogP contribution is -2.17. The van der Waals surface area contributed by atoms with Gasteiger partial charge in [-0.2, -0.15) is 13.2 Å². The lowest BCUT2D eigenvalue weighted by Gasteiger charge is -2.08. The molecule has 0 amide bonds. The molecule has 1 aromatic carbocycles. The molecule has 0 saturated carbocycles. The topological polar surface area (TPSA) is 17.1 Å². The van der Waals surface area contributed by atoms with Crippen LogP contribution in [0.25, 0.3) is 6.08 Å². The summed E-state index contributed by atoms with van der Waals surface area (Å²) in [5.74, 6) is -0.980. The molecule has 0 aliphatic heterocycles. The van der Waals surface area contributed by atoms with E-state index < -0.39 is 17.5 Å². The molecule has 80 valence electrons. The summed E-state index contributed by atoms with van der Waals surface area (Å²) in [6, 6.07) is 7.93. The molecule has 0 N–H and O–H groups in total. The zero-order chi connectivity index (χ0) is 11.5. The fraction of sp³-hybridized carbons (Fsp3) is 0.182. The standard InChI is InChI=1S/C11H9F3O/c1-8(15)10(11(12,13)14)7-9-5-3-2-4-6-9/h2-7H,1H3/b10-7-. The van der Waals surface area contributed by atoms with Crippen LogP contribution in [0, 0.1) is 0 Å². The average Bonchev–Trinajstić information content (AvgIpc) is 2.13. The van der Waals surface area contributed by atoms with E-state index in [1.807, 2.05) is 0 Å². The highest BCUT2D eigenvalue weighted by atomic mass is 19.4. The molecule has 1 aromatic rings. The first kappa shape index (κ1) is 11.5. The Balaban J connectivity index is 3.12. The Kier molecular flexibility index (Phi) is 3.29. The van der Waals surface area contributed by atoms with E-state index in [1.54, 1.807) is 18.2 Å². The molecule has 0 bridgehead atoms. The van der Waals surface area contributed by atoms with Gasteiger partial charge in [-0.1, -0.05) is 30.3 Å². The smallest absolute Gasteiger partial charge is 0.295 e. The maximum atomic E-state index is 12.4. The molecule has 0 atom stereocenters. The Bertz CT molecular complexity index is 377. The van der Waals surface area contributed by atoms with Crippen LogP contribution in [0.5, 0.6) is 0 Å². The van der Waals surface area contributed by atoms with Gasteiger partial charge in [0.2, 0.25) is 0 Å². The molecule has 15 heavy (non-hydrogen) atoms. The van der Waals surface area contributed by atoms with Crippen LogP contribution in [0.1, 0.15) is 12.5 Å². The molecular weight excluding hydrogens is 205 g/mol. The summed E-state index contributed by atoms with van der Waals surface area (Å²) in [6.07, 6.45) is -3.75. The third-order valence-electron chi connectivity index (χ3n) is 1.80. The molecular formula is C11H9F3O. The molecule has 0 aliphatic rings. The van der Waals surface area contributed by atoms with Gasteiger partial charge >= 0.3 is 6.18 Å². The number of rotatable bonds is 2. The first-order valence-electron chi connectivity index (χ1n) is 4.26. The molecule has 0 radical (unpaired) electrons. The molecule has 0 heterocycles. The predicted molar refractivity (Wildman–Crippen MR) is 51.2 cm³/mol. The van der Waals surface area contributed by atoms with E-state index in [0.29, 0.717) is 5.56 Å². The first-order chi connectivity index (χ1) is 6.91. The van der Waals surface area contributed by atoms with Crippen LogP contribution in [-0.4, -0.2) is 12.0 Å². The van der Waals surface area contributed by atoms with E-state index in [1.165, 1.54) is 12.1 Å². The largest absolute Gasteiger partial charge is 0.419 e. The van der Waals surface area contributed by atoms with Crippen molar-refractivity contribution in [1.82, 2.24) is 0 Å². The first-order valence-corrected chi connectivity index (χ1v) is 4.26. The number of hydrogen-bond acceptors (Lipinski definition) is 1. The van der Waals surface area contributed by atoms with Crippen molar-refractivity contribution >= 4 is 11.9 Å². The second kappa shape index (κ2) is 4.29. The van der Waals surface area contributed by atoms with Gasteiger partial charge in [0.05, 0.1) is 5.57 Å². The van der Waals surface area contributed by atoms with Crippen LogP contribution < -0.4 is 0 Å². The maximum absolute atomic E-state index is 12.4. The number of benzene rings is 1. The fourth-order valence-corrected chi connectivity index (χ4v) is 1.10. The number of Topliss-reactive ketones (excluding diaryl/α,β-unsaturated/α-hetero) is 1. The van der Waals surface area contributed by atoms with Gasteiger partial charge in [-0.25, -0.2) is 0 Å². The normalized spacial score (nSPS) is 12.7. The second-order valence-corrected chi connectivity index (χ2v) is 3.02. The quantitative estimate of drug-likeness (QED) is 0.691. The lowest BCUT2D eigenvalue weighted by atomic mass is 10.1. The van der Waals surface area contributed by atoms with Crippen molar-refractivity contribution in [2.24, 2.45) is 0 Å². The van der Waals surface area contributed by atoms with Crippen LogP contribution in [0.4, 0.5) is 13.2 Å². The minimum Gasteiger partial charge on any atom is -0.295 e. The summed E-state index contributed by atoms with van der Waals surface area (Å²) in [6.45, 7) is 0.905. The Morgan fingerprint density at radius 2 is 1.73 bits per heavy atom. The van der Waals surface area contributed by atoms with Crippen LogP contribution in [0.2, 0.25) is 0 Å². The van der Waals surface area contributed by atoms with Crippen molar-refractivity contribution in [3.05, 3.63) is 41.5 Å². The van der Waals surface area contributed by atoms with Crippen molar-refractivity contribution in [1.29, 1.82) is 0 Å². The Morgan fingerprint density at radius 1 is 1.20 bits per heavy atom. The number of allylic oxidation sites excluding steroid dienone is 1. The van der Waals surface area contributed by atoms with Gasteiger partial charge in [0.25, 0.3) is 0 Å². The average molecular weight is 214 g/mol. The van der Waals surface area contributed by atoms with E-state index in [9.17, 15) is 18.0 Å². The van der Waals surface area contributed by atoms with E-state index in [0.717, 1.165) is 13.0 Å². The van der Waals surface area contributed by atoms with Gasteiger partial charge in [0, 0.05) is 0 Å². The van der Waals surface area contributed by atoms with Gasteiger partial charge in [-0.15, -0.1) is 0 Å². The zero-order valence-electron chi connectivity index (χ0n) is 8.01. The molecule has 0 aromatic heterocycles. The minimum absolute atomic E-state index is 0.361. The highest BCUT2D eigenvalue weighted by Gasteiger charge is 2.36. The third-order valence-corrected chi connectivity index (χ3v) is 1.80. The summed E-state index contributed by atoms with van der Waals surface area (Å²) in [4.78, 5) is 10.8. The molecule has 0 spiro atoms. The highest BCUT2D eigenvalue weighted by molar-refractivity contribution is 5.99. The predicted octanol–water partition coefficient (Wildman–Crippen LogP) is 3.22. The van der Waals surface area contributed by atoms with Crippen LogP contribution in [0.15, 0.2) is 35.9 Å². The minimum atomic E-state index is -4.60. The lowest BCUT2D eigenvalue weighted by molar-refractivity contribution is -0.126. The van der Waals surface area contributed by atoms with Gasteiger partial charge in [-0.3, -0.25) is 4.79 Å². The van der Waals surface area contributed by atoms with E-state index in [-0.39, 0.29) is 0 Å². The van der Waals surface area contributed by atoms with E-state index >= 15 is 0 Å². The van der Waals surface area contributed by atoms with Gasteiger partial charge in [0.15, 0.2) is 5.78 Å². The highest BCUT2D eigenvalue weighted by Crippen LogP contribution is 2.27. The molecule has 4 heteroatoms. The second-order valence-electron chi connectivity index (χ2n) is 3.02. The maximum Gasteiger partial charge on any atom is 0.419 e. The molecule has 0 fully saturated rings. The van der Waals surface area contributed by atoms with E-state index in [2.05, 4.69) is 0 Å². The Labute approximate surface area is 85.2 Å². The number of halogens is 3. The monoisotopic (exact) mass is 214 g/mol. The number of carbonyl (C=O) groups is 1. The number of alkyl halides is 3. The van der Waals surface area contributed by atoms with Crippen LogP contribution in [-0.2, 0) is 4.79 Å². The number of carbonyl (C=O) groups excluding carboxylic acids is 1. The fourth-order valence-electron chi connectivity index (χ4n) is 1.10. The molecule has 0 aliphatic carbocycles. The van der Waals surface area contributed by atoms with Crippen LogP contribution in [0.3, 0.4) is 0 Å². The SMILES string of the molecule is CC(=O)/C(=C/c1ccccc1)C(F)(F)F. The molecule has 1 rings (SSSR count). The number of ketones is 1. The summed E-state index contributed by atoms with van der Waals surface area (Å²) in [5, 5.41) is 0. The van der Waals surface area contributed by atoms with Crippen molar-refractivity contribution in [3.8, 4) is 0 Å². The summed E-state index contributed by atoms with van der Waals surface area (Å²) >= 11 is 0. The van der Waals surface area contributed by atoms with Crippen molar-refractivity contribution in [3.63, 3.8) is 0 Å². The number of hydrogen-bond donors (Lipinski definition) is 0. The van der Waals surface area contributed by atoms with Gasteiger partial charge < -0.3 is 0 Å². The van der Waals surface area contributed by atoms with Crippen molar-refractivity contribution < 1.29 is 18.0 Å². The molecule has 1 nitrogen and oxygen atoms in total. The molecule has 0 saturated heterocycles. The van der Waals surface area contributed by atoms with Crippen LogP contribution >= 0.6 is 0 Å². The Morgan fingerprint density at radius 3 is 2.13 bits per heavy atom. The van der Waals surface area contributed by atoms with Crippen molar-refractivity contribution in [2.45, 2.75) is 13.1 Å². The van der Waals surface area contributed by atoms with E-state index in [4.69, 9.17) is 0 Å². The molecule has 0 unspecified atom stereocenters. The summed E-state index contributed by atoms with van der Waals surface area (Å²) in [7, 11) is 0. The summed E-state index contributed by atoms with van der Waals surface area (Å²) in [5.41, 5.74) is -0.770. The van der Waals surface area contributed by atoms with Gasteiger partial charge in [0.1, 0.15) is 0 Å². The van der Waals surface area contributed by atoms with Gasteiger partial charge in [-0.05, 0) is 18.6 Å². The zero-order valence-corrected chi connectivity index (χ0v) is 8.01. The summed E-state index contributed by atoms with van der Waals surface area (Å²) < 4.78 is 37.1. The van der Waals surface area contributed by atoms with Crippen molar-refractivity contribution in [2.75, 3.05) is 0 Å². The third kappa shape index (κ3) is 3.23. The Hall–Kier alpha value is -1.58.